The summed E-state index contributed by atoms with van der Waals surface area (Å²) in [6.45, 7) is 0. The van der Waals surface area contributed by atoms with Crippen LogP contribution in [0.2, 0.25) is 0 Å². The number of hydrogen-bond acceptors (Lipinski definition) is 1. The molecule has 3 aromatic carbocycles. The Labute approximate surface area is 159 Å². The van der Waals surface area contributed by atoms with Crippen molar-refractivity contribution in [1.82, 2.24) is 0 Å². The minimum Gasteiger partial charge on any atom is -0.304 e. The molecule has 0 spiro atoms. The Kier molecular flexibility index (Phi) is 5.01. The van der Waals surface area contributed by atoms with Crippen molar-refractivity contribution in [2.45, 2.75) is 25.3 Å². The number of benzene rings is 3. The molecule has 3 aromatic rings. The van der Waals surface area contributed by atoms with E-state index in [1.54, 1.807) is 12.1 Å². The van der Waals surface area contributed by atoms with E-state index in [4.69, 9.17) is 0 Å². The van der Waals surface area contributed by atoms with Crippen LogP contribution >= 0.6 is 0 Å². The summed E-state index contributed by atoms with van der Waals surface area (Å²) in [6.07, 6.45) is 2.80. The average Bonchev–Trinajstić information content (AvgIpc) is 2.72. The van der Waals surface area contributed by atoms with Crippen molar-refractivity contribution in [1.29, 1.82) is 0 Å². The number of hydrogen-bond donors (Lipinski definition) is 0. The van der Waals surface area contributed by atoms with Gasteiger partial charge in [-0.1, -0.05) is 60.7 Å². The molecule has 1 heterocycles. The second kappa shape index (κ2) is 7.75. The van der Waals surface area contributed by atoms with E-state index in [1.165, 1.54) is 17.7 Å². The van der Waals surface area contributed by atoms with Gasteiger partial charge in [0, 0.05) is 5.69 Å². The summed E-state index contributed by atoms with van der Waals surface area (Å²) in [7, 11) is 0. The van der Waals surface area contributed by atoms with Crippen LogP contribution in [-0.2, 0) is 11.2 Å². The van der Waals surface area contributed by atoms with Crippen LogP contribution in [0.5, 0.6) is 0 Å². The largest absolute Gasteiger partial charge is 0.304 e. The maximum absolute atomic E-state index is 13.3. The van der Waals surface area contributed by atoms with Gasteiger partial charge in [0.2, 0.25) is 5.91 Å². The number of rotatable bonds is 6. The molecule has 1 aliphatic heterocycles. The van der Waals surface area contributed by atoms with Crippen LogP contribution in [0.3, 0.4) is 0 Å². The molecule has 1 aliphatic rings. The molecule has 0 aromatic heterocycles. The molecule has 0 saturated carbocycles. The first kappa shape index (κ1) is 17.5. The lowest BCUT2D eigenvalue weighted by Gasteiger charge is -2.47. The van der Waals surface area contributed by atoms with Crippen LogP contribution < -0.4 is 4.90 Å². The van der Waals surface area contributed by atoms with E-state index in [2.05, 4.69) is 24.3 Å². The van der Waals surface area contributed by atoms with Gasteiger partial charge in [-0.3, -0.25) is 4.79 Å². The number of carbonyl (C=O) groups excluding carboxylic acids is 1. The van der Waals surface area contributed by atoms with Crippen LogP contribution in [0.1, 0.15) is 30.0 Å². The van der Waals surface area contributed by atoms with Gasteiger partial charge >= 0.3 is 0 Å². The van der Waals surface area contributed by atoms with Crippen molar-refractivity contribution >= 4 is 11.6 Å². The summed E-state index contributed by atoms with van der Waals surface area (Å²) in [5, 5.41) is 0. The monoisotopic (exact) mass is 359 g/mol. The van der Waals surface area contributed by atoms with E-state index in [0.717, 1.165) is 30.5 Å². The van der Waals surface area contributed by atoms with Gasteiger partial charge < -0.3 is 4.90 Å². The zero-order valence-electron chi connectivity index (χ0n) is 15.1. The topological polar surface area (TPSA) is 20.3 Å². The van der Waals surface area contributed by atoms with Crippen molar-refractivity contribution in [2.24, 2.45) is 5.92 Å². The Morgan fingerprint density at radius 3 is 2.11 bits per heavy atom. The fraction of sp³-hybridized carbons (Fsp3) is 0.208. The molecule has 1 fully saturated rings. The molecule has 3 heteroatoms. The van der Waals surface area contributed by atoms with Gasteiger partial charge in [0.25, 0.3) is 0 Å². The summed E-state index contributed by atoms with van der Waals surface area (Å²) < 4.78 is 13.3. The first-order chi connectivity index (χ1) is 13.2. The van der Waals surface area contributed by atoms with E-state index >= 15 is 0 Å². The van der Waals surface area contributed by atoms with Gasteiger partial charge in [-0.2, -0.15) is 0 Å². The molecule has 2 nitrogen and oxygen atoms in total. The van der Waals surface area contributed by atoms with E-state index in [-0.39, 0.29) is 23.7 Å². The Bertz CT molecular complexity index is 893. The summed E-state index contributed by atoms with van der Waals surface area (Å²) >= 11 is 0. The highest BCUT2D eigenvalue weighted by Gasteiger charge is 2.48. The van der Waals surface area contributed by atoms with Gasteiger partial charge in [-0.15, -0.1) is 0 Å². The SMILES string of the molecule is O=C1[C@@H](CCCc2ccccc2)[C@H](c2ccccc2)N1c1ccc(F)cc1. The summed E-state index contributed by atoms with van der Waals surface area (Å²) in [5.74, 6) is -0.188. The van der Waals surface area contributed by atoms with Crippen molar-refractivity contribution in [3.8, 4) is 0 Å². The number of carbonyl (C=O) groups is 1. The third kappa shape index (κ3) is 3.63. The Hall–Kier alpha value is -2.94. The van der Waals surface area contributed by atoms with Crippen LogP contribution in [0.4, 0.5) is 10.1 Å². The first-order valence-corrected chi connectivity index (χ1v) is 9.41. The lowest BCUT2D eigenvalue weighted by atomic mass is 9.78. The predicted molar refractivity (Wildman–Crippen MR) is 106 cm³/mol. The standard InChI is InChI=1S/C24H22FNO/c25-20-14-16-21(17-15-20)26-23(19-11-5-2-6-12-19)22(24(26)27)13-7-10-18-8-3-1-4-9-18/h1-6,8-9,11-12,14-17,22-23H,7,10,13H2/t22-,23-/m0/s1. The lowest BCUT2D eigenvalue weighted by molar-refractivity contribution is -0.130. The normalized spacial score (nSPS) is 19.0. The molecule has 0 radical (unpaired) electrons. The number of halogens is 1. The zero-order valence-corrected chi connectivity index (χ0v) is 15.1. The Morgan fingerprint density at radius 1 is 0.815 bits per heavy atom. The van der Waals surface area contributed by atoms with Crippen molar-refractivity contribution in [2.75, 3.05) is 4.90 Å². The van der Waals surface area contributed by atoms with E-state index in [9.17, 15) is 9.18 Å². The Morgan fingerprint density at radius 2 is 1.44 bits per heavy atom. The molecular weight excluding hydrogens is 337 g/mol. The second-order valence-electron chi connectivity index (χ2n) is 7.02. The summed E-state index contributed by atoms with van der Waals surface area (Å²) in [4.78, 5) is 14.7. The van der Waals surface area contributed by atoms with Crippen LogP contribution in [0.25, 0.3) is 0 Å². The quantitative estimate of drug-likeness (QED) is 0.528. The minimum atomic E-state index is -0.289. The van der Waals surface area contributed by atoms with E-state index < -0.39 is 0 Å². The molecule has 1 amide bonds. The Balaban J connectivity index is 1.52. The number of aryl methyl sites for hydroxylation is 1. The maximum atomic E-state index is 13.3. The molecule has 136 valence electrons. The molecule has 4 rings (SSSR count). The third-order valence-electron chi connectivity index (χ3n) is 5.28. The van der Waals surface area contributed by atoms with Gasteiger partial charge in [-0.25, -0.2) is 4.39 Å². The molecule has 0 N–H and O–H groups in total. The average molecular weight is 359 g/mol. The van der Waals surface area contributed by atoms with Crippen molar-refractivity contribution in [3.05, 3.63) is 102 Å². The van der Waals surface area contributed by atoms with Gasteiger partial charge in [0.05, 0.1) is 12.0 Å². The molecule has 0 unspecified atom stereocenters. The van der Waals surface area contributed by atoms with Crippen LogP contribution in [0, 0.1) is 11.7 Å². The highest BCUT2D eigenvalue weighted by molar-refractivity contribution is 6.03. The van der Waals surface area contributed by atoms with Crippen LogP contribution in [-0.4, -0.2) is 5.91 Å². The third-order valence-corrected chi connectivity index (χ3v) is 5.28. The number of β-lactam (4-membered cyclic amide) rings is 1. The highest BCUT2D eigenvalue weighted by Crippen LogP contribution is 2.45. The van der Waals surface area contributed by atoms with Crippen molar-refractivity contribution < 1.29 is 9.18 Å². The van der Waals surface area contributed by atoms with Crippen molar-refractivity contribution in [3.63, 3.8) is 0 Å². The van der Waals surface area contributed by atoms with Gasteiger partial charge in [0.1, 0.15) is 5.82 Å². The zero-order chi connectivity index (χ0) is 18.6. The molecular formula is C24H22FNO. The first-order valence-electron chi connectivity index (χ1n) is 9.41. The van der Waals surface area contributed by atoms with Gasteiger partial charge in [-0.05, 0) is 54.7 Å². The summed E-state index contributed by atoms with van der Waals surface area (Å²) in [5.41, 5.74) is 3.19. The highest BCUT2D eigenvalue weighted by atomic mass is 19.1. The predicted octanol–water partition coefficient (Wildman–Crippen LogP) is 5.55. The lowest BCUT2D eigenvalue weighted by Crippen LogP contribution is -2.55. The van der Waals surface area contributed by atoms with E-state index in [1.807, 2.05) is 41.3 Å². The molecule has 1 saturated heterocycles. The smallest absolute Gasteiger partial charge is 0.233 e. The molecule has 27 heavy (non-hydrogen) atoms. The number of nitrogens with zero attached hydrogens (tertiary/aromatic N) is 1. The summed E-state index contributed by atoms with van der Waals surface area (Å²) in [6, 6.07) is 26.7. The fourth-order valence-corrected chi connectivity index (χ4v) is 3.92. The fourth-order valence-electron chi connectivity index (χ4n) is 3.92. The molecule has 0 bridgehead atoms. The number of amides is 1. The maximum Gasteiger partial charge on any atom is 0.233 e. The second-order valence-corrected chi connectivity index (χ2v) is 7.02. The number of anilines is 1. The van der Waals surface area contributed by atoms with Gasteiger partial charge in [0.15, 0.2) is 0 Å². The minimum absolute atomic E-state index is 0.0138. The van der Waals surface area contributed by atoms with E-state index in [0.29, 0.717) is 0 Å². The molecule has 2 atom stereocenters. The molecule has 0 aliphatic carbocycles. The van der Waals surface area contributed by atoms with Crippen LogP contribution in [0.15, 0.2) is 84.9 Å².